The molecule has 1 heterocycles. The molecule has 1 aliphatic heterocycles. The van der Waals surface area contributed by atoms with Gasteiger partial charge in [-0.1, -0.05) is 38.1 Å². The number of fused-ring (bicyclic) bond motifs is 1. The molecule has 3 amide bonds. The van der Waals surface area contributed by atoms with E-state index in [1.165, 1.54) is 6.92 Å². The fraction of sp³-hybridized carbons (Fsp3) is 0.238. The third kappa shape index (κ3) is 3.38. The number of ketones is 1. The molecular formula is C21H20N2O4. The number of nitrogens with one attached hydrogen (secondary N) is 1. The zero-order valence-corrected chi connectivity index (χ0v) is 15.4. The van der Waals surface area contributed by atoms with Crippen LogP contribution in [-0.2, 0) is 4.79 Å². The van der Waals surface area contributed by atoms with E-state index in [-0.39, 0.29) is 11.7 Å². The molecule has 0 bridgehead atoms. The number of benzene rings is 2. The minimum atomic E-state index is -0.960. The van der Waals surface area contributed by atoms with E-state index in [1.807, 2.05) is 0 Å². The summed E-state index contributed by atoms with van der Waals surface area (Å²) in [6.45, 7) is 5.00. The lowest BCUT2D eigenvalue weighted by molar-refractivity contribution is -0.121. The molecule has 1 N–H and O–H groups in total. The zero-order valence-electron chi connectivity index (χ0n) is 15.4. The Labute approximate surface area is 157 Å². The van der Waals surface area contributed by atoms with Gasteiger partial charge in [-0.15, -0.1) is 0 Å². The summed E-state index contributed by atoms with van der Waals surface area (Å²) in [4.78, 5) is 51.0. The number of rotatable bonds is 5. The van der Waals surface area contributed by atoms with Crippen LogP contribution in [0.4, 0.5) is 5.69 Å². The molecule has 2 aromatic carbocycles. The van der Waals surface area contributed by atoms with E-state index in [0.717, 1.165) is 4.90 Å². The lowest BCUT2D eigenvalue weighted by atomic mass is 10.0. The molecule has 0 fully saturated rings. The second-order valence-corrected chi connectivity index (χ2v) is 6.84. The molecule has 1 unspecified atom stereocenters. The van der Waals surface area contributed by atoms with Crippen LogP contribution in [0.5, 0.6) is 0 Å². The van der Waals surface area contributed by atoms with Crippen molar-refractivity contribution in [1.82, 2.24) is 4.90 Å². The fourth-order valence-electron chi connectivity index (χ4n) is 3.21. The number of hydrogen-bond donors (Lipinski definition) is 1. The van der Waals surface area contributed by atoms with Crippen LogP contribution in [0, 0.1) is 5.92 Å². The first kappa shape index (κ1) is 18.5. The molecule has 27 heavy (non-hydrogen) atoms. The summed E-state index contributed by atoms with van der Waals surface area (Å²) in [6.07, 6.45) is 0. The van der Waals surface area contributed by atoms with E-state index >= 15 is 0 Å². The monoisotopic (exact) mass is 364 g/mol. The number of imide groups is 1. The van der Waals surface area contributed by atoms with E-state index in [2.05, 4.69) is 5.32 Å². The highest BCUT2D eigenvalue weighted by molar-refractivity contribution is 6.23. The minimum absolute atomic E-state index is 0.119. The number of Topliss-reactive ketones (excluding diaryl/α,β-unsaturated/α-hetero) is 1. The molecule has 0 saturated carbocycles. The van der Waals surface area contributed by atoms with Crippen LogP contribution in [0.1, 0.15) is 51.8 Å². The van der Waals surface area contributed by atoms with Crippen LogP contribution in [-0.4, -0.2) is 34.4 Å². The maximum absolute atomic E-state index is 12.9. The first-order chi connectivity index (χ1) is 12.8. The average molecular weight is 364 g/mol. The molecule has 0 radical (unpaired) electrons. The molecular weight excluding hydrogens is 344 g/mol. The lowest BCUT2D eigenvalue weighted by Gasteiger charge is -2.28. The summed E-state index contributed by atoms with van der Waals surface area (Å²) in [7, 11) is 0. The van der Waals surface area contributed by atoms with Crippen LogP contribution in [0.15, 0.2) is 48.5 Å². The third-order valence-electron chi connectivity index (χ3n) is 4.54. The van der Waals surface area contributed by atoms with Gasteiger partial charge >= 0.3 is 0 Å². The summed E-state index contributed by atoms with van der Waals surface area (Å²) >= 11 is 0. The van der Waals surface area contributed by atoms with E-state index in [1.54, 1.807) is 62.4 Å². The zero-order chi connectivity index (χ0) is 19.7. The van der Waals surface area contributed by atoms with Gasteiger partial charge in [-0.2, -0.15) is 0 Å². The molecule has 6 heteroatoms. The summed E-state index contributed by atoms with van der Waals surface area (Å²) in [6, 6.07) is 12.1. The van der Waals surface area contributed by atoms with Gasteiger partial charge in [0.2, 0.25) is 5.91 Å². The van der Waals surface area contributed by atoms with Crippen LogP contribution in [0.3, 0.4) is 0 Å². The van der Waals surface area contributed by atoms with Gasteiger partial charge in [0.05, 0.1) is 11.1 Å². The van der Waals surface area contributed by atoms with Gasteiger partial charge in [0.1, 0.15) is 6.04 Å². The van der Waals surface area contributed by atoms with Crippen molar-refractivity contribution in [3.63, 3.8) is 0 Å². The van der Waals surface area contributed by atoms with Crippen LogP contribution >= 0.6 is 0 Å². The molecule has 0 spiro atoms. The molecule has 0 aliphatic carbocycles. The van der Waals surface area contributed by atoms with Gasteiger partial charge < -0.3 is 5.32 Å². The molecule has 2 aromatic rings. The Kier molecular flexibility index (Phi) is 4.90. The summed E-state index contributed by atoms with van der Waals surface area (Å²) in [5.74, 6) is -1.82. The number of amides is 3. The highest BCUT2D eigenvalue weighted by Crippen LogP contribution is 2.27. The Hall–Kier alpha value is -3.28. The third-order valence-corrected chi connectivity index (χ3v) is 4.54. The van der Waals surface area contributed by atoms with E-state index in [9.17, 15) is 19.2 Å². The van der Waals surface area contributed by atoms with Crippen molar-refractivity contribution in [2.45, 2.75) is 26.8 Å². The van der Waals surface area contributed by atoms with Crippen molar-refractivity contribution in [1.29, 1.82) is 0 Å². The lowest BCUT2D eigenvalue weighted by Crippen LogP contribution is -2.50. The van der Waals surface area contributed by atoms with E-state index < -0.39 is 23.8 Å². The fourth-order valence-corrected chi connectivity index (χ4v) is 3.21. The van der Waals surface area contributed by atoms with Gasteiger partial charge in [-0.05, 0) is 37.1 Å². The largest absolute Gasteiger partial charge is 0.324 e. The highest BCUT2D eigenvalue weighted by Gasteiger charge is 2.43. The standard InChI is InChI=1S/C21H20N2O4/c1-12(2)18(19(25)22-15-8-6-7-14(11-15)13(3)24)23-20(26)16-9-4-5-10-17(16)21(23)27/h4-12,18H,1-3H3,(H,22,25). The number of anilines is 1. The van der Waals surface area contributed by atoms with Gasteiger partial charge in [0.25, 0.3) is 11.8 Å². The van der Waals surface area contributed by atoms with Gasteiger partial charge in [-0.25, -0.2) is 0 Å². The van der Waals surface area contributed by atoms with E-state index in [0.29, 0.717) is 22.4 Å². The maximum atomic E-state index is 12.9. The Bertz CT molecular complexity index is 914. The SMILES string of the molecule is CC(=O)c1cccc(NC(=O)C(C(C)C)N2C(=O)c3ccccc3C2=O)c1. The topological polar surface area (TPSA) is 83.6 Å². The highest BCUT2D eigenvalue weighted by atomic mass is 16.2. The molecule has 1 aliphatic rings. The summed E-state index contributed by atoms with van der Waals surface area (Å²) in [5.41, 5.74) is 1.52. The van der Waals surface area contributed by atoms with Crippen LogP contribution < -0.4 is 5.32 Å². The van der Waals surface area contributed by atoms with Crippen molar-refractivity contribution in [3.05, 3.63) is 65.2 Å². The van der Waals surface area contributed by atoms with Gasteiger partial charge in [0.15, 0.2) is 5.78 Å². The van der Waals surface area contributed by atoms with Gasteiger partial charge in [0, 0.05) is 11.3 Å². The number of carbonyl (C=O) groups is 4. The summed E-state index contributed by atoms with van der Waals surface area (Å²) < 4.78 is 0. The molecule has 0 aromatic heterocycles. The number of hydrogen-bond acceptors (Lipinski definition) is 4. The predicted molar refractivity (Wildman–Crippen MR) is 101 cm³/mol. The Morgan fingerprint density at radius 1 is 0.926 bits per heavy atom. The minimum Gasteiger partial charge on any atom is -0.324 e. The Morgan fingerprint density at radius 3 is 2.04 bits per heavy atom. The first-order valence-electron chi connectivity index (χ1n) is 8.70. The van der Waals surface area contributed by atoms with Crippen LogP contribution in [0.2, 0.25) is 0 Å². The van der Waals surface area contributed by atoms with Crippen molar-refractivity contribution in [2.24, 2.45) is 5.92 Å². The van der Waals surface area contributed by atoms with Crippen molar-refractivity contribution >= 4 is 29.2 Å². The Balaban J connectivity index is 1.90. The van der Waals surface area contributed by atoms with Crippen molar-refractivity contribution in [2.75, 3.05) is 5.32 Å². The van der Waals surface area contributed by atoms with Gasteiger partial charge in [-0.3, -0.25) is 24.1 Å². The molecule has 6 nitrogen and oxygen atoms in total. The molecule has 0 saturated heterocycles. The molecule has 1 atom stereocenters. The second-order valence-electron chi connectivity index (χ2n) is 6.84. The average Bonchev–Trinajstić information content (AvgIpc) is 2.87. The number of carbonyl (C=O) groups excluding carboxylic acids is 4. The van der Waals surface area contributed by atoms with Crippen LogP contribution in [0.25, 0.3) is 0 Å². The second kappa shape index (κ2) is 7.15. The van der Waals surface area contributed by atoms with Crippen molar-refractivity contribution in [3.8, 4) is 0 Å². The van der Waals surface area contributed by atoms with Crippen molar-refractivity contribution < 1.29 is 19.2 Å². The Morgan fingerprint density at radius 2 is 1.52 bits per heavy atom. The maximum Gasteiger partial charge on any atom is 0.262 e. The van der Waals surface area contributed by atoms with E-state index in [4.69, 9.17) is 0 Å². The summed E-state index contributed by atoms with van der Waals surface area (Å²) in [5, 5.41) is 2.73. The molecule has 3 rings (SSSR count). The normalized spacial score (nSPS) is 14.3. The smallest absolute Gasteiger partial charge is 0.262 e. The quantitative estimate of drug-likeness (QED) is 0.652. The first-order valence-corrected chi connectivity index (χ1v) is 8.70. The molecule has 138 valence electrons. The number of nitrogens with zero attached hydrogens (tertiary/aromatic N) is 1. The predicted octanol–water partition coefficient (Wildman–Crippen LogP) is 3.15.